The molecule has 0 spiro atoms. The minimum atomic E-state index is -1.000. The van der Waals surface area contributed by atoms with E-state index in [9.17, 15) is 24.9 Å². The van der Waals surface area contributed by atoms with Crippen molar-refractivity contribution in [2.75, 3.05) is 0 Å². The van der Waals surface area contributed by atoms with Crippen LogP contribution in [-0.2, 0) is 0 Å². The maximum absolute atomic E-state index is 12.3. The molecule has 2 aliphatic carbocycles. The number of aromatic amines is 2. The predicted octanol–water partition coefficient (Wildman–Crippen LogP) is 13.5. The van der Waals surface area contributed by atoms with E-state index in [-0.39, 0.29) is 22.9 Å². The highest BCUT2D eigenvalue weighted by Crippen LogP contribution is 2.41. The molecule has 9 rings (SSSR count). The molecule has 290 valence electrons. The molecule has 2 aliphatic rings. The molecule has 8 bridgehead atoms. The van der Waals surface area contributed by atoms with Gasteiger partial charge in [0, 0.05) is 61.0 Å². The molecular formula is C53H38N2O5. The Kier molecular flexibility index (Phi) is 9.34. The maximum Gasteiger partial charge on any atom is 0.335 e. The molecule has 4 aromatic carbocycles. The van der Waals surface area contributed by atoms with Crippen LogP contribution in [0.5, 0.6) is 0 Å². The van der Waals surface area contributed by atoms with Gasteiger partial charge in [-0.25, -0.2) is 4.79 Å². The molecule has 60 heavy (non-hydrogen) atoms. The number of Topliss-reactive ketones (excluding diaryl/α,β-unsaturated/α-hetero) is 1. The number of ketones is 1. The lowest BCUT2D eigenvalue weighted by Gasteiger charge is -2.09. The van der Waals surface area contributed by atoms with Crippen molar-refractivity contribution >= 4 is 69.6 Å². The van der Waals surface area contributed by atoms with Crippen LogP contribution in [0.2, 0.25) is 0 Å². The number of aromatic nitrogens is 2. The third-order valence-electron chi connectivity index (χ3n) is 11.1. The molecule has 0 radical (unpaired) electrons. The Labute approximate surface area is 345 Å². The van der Waals surface area contributed by atoms with Crippen LogP contribution in [0, 0.1) is 0 Å². The lowest BCUT2D eigenvalue weighted by atomic mass is 9.98. The lowest BCUT2D eigenvalue weighted by molar-refractivity contribution is 0.0696. The summed E-state index contributed by atoms with van der Waals surface area (Å²) in [6.07, 6.45) is 8.36. The zero-order valence-electron chi connectivity index (χ0n) is 32.6. The van der Waals surface area contributed by atoms with Gasteiger partial charge in [0.25, 0.3) is 0 Å². The Morgan fingerprint density at radius 2 is 0.667 bits per heavy atom. The van der Waals surface area contributed by atoms with Crippen LogP contribution in [-0.4, -0.2) is 37.0 Å². The lowest BCUT2D eigenvalue weighted by Crippen LogP contribution is -1.95. The van der Waals surface area contributed by atoms with Gasteiger partial charge in [-0.05, 0) is 100.0 Å². The Bertz CT molecular complexity index is 2740. The fourth-order valence-electron chi connectivity index (χ4n) is 8.10. The number of carboxylic acid groups (broad SMARTS) is 1. The monoisotopic (exact) mass is 782 g/mol. The second kappa shape index (κ2) is 15.0. The molecule has 7 nitrogen and oxygen atoms in total. The fourth-order valence-corrected chi connectivity index (χ4v) is 8.10. The minimum absolute atomic E-state index is 0.00979. The number of fused-ring (bicyclic) bond motifs is 8. The van der Waals surface area contributed by atoms with Crippen LogP contribution in [0.25, 0.3) is 102 Å². The summed E-state index contributed by atoms with van der Waals surface area (Å²) in [5.74, 6) is -1.04. The molecule has 7 aromatic rings. The number of H-pyrrole nitrogens is 2. The Hall–Kier alpha value is -8.16. The van der Waals surface area contributed by atoms with Crippen molar-refractivity contribution in [1.29, 1.82) is 0 Å². The summed E-state index contributed by atoms with van der Waals surface area (Å²) >= 11 is 0. The topological polar surface area (TPSA) is 126 Å². The van der Waals surface area contributed by atoms with E-state index < -0.39 is 5.97 Å². The number of aromatic carboxylic acids is 1. The number of benzene rings is 4. The number of carboxylic acids is 1. The van der Waals surface area contributed by atoms with Crippen molar-refractivity contribution < 1.29 is 24.9 Å². The normalized spacial score (nSPS) is 11.8. The molecule has 0 aliphatic heterocycles. The van der Waals surface area contributed by atoms with Crippen molar-refractivity contribution in [2.45, 2.75) is 6.92 Å². The summed E-state index contributed by atoms with van der Waals surface area (Å²) < 4.78 is 0. The summed E-state index contributed by atoms with van der Waals surface area (Å²) in [7, 11) is 0. The van der Waals surface area contributed by atoms with Crippen LogP contribution in [0.15, 0.2) is 147 Å². The van der Waals surface area contributed by atoms with Crippen molar-refractivity contribution in [3.05, 3.63) is 191 Å². The van der Waals surface area contributed by atoms with Crippen molar-refractivity contribution in [1.82, 2.24) is 9.97 Å². The van der Waals surface area contributed by atoms with Gasteiger partial charge in [0.05, 0.1) is 5.56 Å². The van der Waals surface area contributed by atoms with Crippen LogP contribution >= 0.6 is 0 Å². The van der Waals surface area contributed by atoms with E-state index in [1.165, 1.54) is 0 Å². The third kappa shape index (κ3) is 6.84. The molecule has 0 saturated carbocycles. The highest BCUT2D eigenvalue weighted by molar-refractivity contribution is 6.03. The van der Waals surface area contributed by atoms with Gasteiger partial charge in [-0.2, -0.15) is 0 Å². The number of rotatable bonds is 8. The van der Waals surface area contributed by atoms with Gasteiger partial charge in [0.2, 0.25) is 0 Å². The molecule has 0 unspecified atom stereocenters. The number of hydrogen-bond donors (Lipinski definition) is 5. The molecule has 5 N–H and O–H groups in total. The average Bonchev–Trinajstić information content (AvgIpc) is 4.10. The number of carbonyl (C=O) groups is 2. The van der Waals surface area contributed by atoms with E-state index in [4.69, 9.17) is 0 Å². The van der Waals surface area contributed by atoms with Crippen LogP contribution in [0.4, 0.5) is 0 Å². The van der Waals surface area contributed by atoms with Crippen molar-refractivity contribution in [3.8, 4) is 44.5 Å². The zero-order valence-corrected chi connectivity index (χ0v) is 32.6. The van der Waals surface area contributed by atoms with Gasteiger partial charge in [-0.1, -0.05) is 122 Å². The largest absolute Gasteiger partial charge is 0.508 e. The second-order valence-corrected chi connectivity index (χ2v) is 14.9. The van der Waals surface area contributed by atoms with Crippen molar-refractivity contribution in [2.24, 2.45) is 0 Å². The number of carbonyl (C=O) groups excluding carboxylic acids is 1. The smallest absolute Gasteiger partial charge is 0.335 e. The first-order chi connectivity index (χ1) is 29.0. The number of nitrogens with one attached hydrogen (secondary N) is 2. The van der Waals surface area contributed by atoms with Crippen LogP contribution < -0.4 is 0 Å². The summed E-state index contributed by atoms with van der Waals surface area (Å²) in [6.45, 7) is 8.98. The summed E-state index contributed by atoms with van der Waals surface area (Å²) in [5, 5.41) is 30.1. The summed E-state index contributed by atoms with van der Waals surface area (Å²) in [4.78, 5) is 31.7. The predicted molar refractivity (Wildman–Crippen MR) is 245 cm³/mol. The van der Waals surface area contributed by atoms with E-state index in [1.54, 1.807) is 19.1 Å². The molecule has 3 heterocycles. The number of aliphatic hydroxyl groups excluding tert-OH is 2. The first-order valence-electron chi connectivity index (χ1n) is 19.4. The summed E-state index contributed by atoms with van der Waals surface area (Å²) in [6, 6.07) is 42.4. The number of hydrogen-bond acceptors (Lipinski definition) is 4. The number of aliphatic hydroxyl groups is 2. The average molecular weight is 783 g/mol. The molecule has 3 aromatic heterocycles. The van der Waals surface area contributed by atoms with E-state index in [2.05, 4.69) is 77.8 Å². The molecule has 0 fully saturated rings. The fraction of sp³-hybridized carbons (Fsp3) is 0.0189. The maximum atomic E-state index is 12.3. The molecular weight excluding hydrogens is 745 g/mol. The van der Waals surface area contributed by atoms with E-state index in [0.717, 1.165) is 88.8 Å². The third-order valence-corrected chi connectivity index (χ3v) is 11.1. The summed E-state index contributed by atoms with van der Waals surface area (Å²) in [5.41, 5.74) is 16.5. The molecule has 0 amide bonds. The Morgan fingerprint density at radius 1 is 0.400 bits per heavy atom. The van der Waals surface area contributed by atoms with Crippen LogP contribution in [0.1, 0.15) is 61.0 Å². The van der Waals surface area contributed by atoms with Gasteiger partial charge in [0.1, 0.15) is 11.5 Å². The quantitative estimate of drug-likeness (QED) is 0.0775. The van der Waals surface area contributed by atoms with Gasteiger partial charge in [-0.3, -0.25) is 4.79 Å². The van der Waals surface area contributed by atoms with Gasteiger partial charge < -0.3 is 25.3 Å². The van der Waals surface area contributed by atoms with Gasteiger partial charge in [0.15, 0.2) is 5.78 Å². The van der Waals surface area contributed by atoms with E-state index >= 15 is 0 Å². The van der Waals surface area contributed by atoms with E-state index in [0.29, 0.717) is 16.7 Å². The molecule has 7 heteroatoms. The second-order valence-electron chi connectivity index (χ2n) is 14.9. The SMILES string of the molecule is C=C(O)c1ccc(-c2c3cc(c(-c4ccc(C(=O)O)cc4)c4ccc([nH]4)c(-c4ccc(C(=C)O)cc4)c4cc(c(-c5ccc(C(C)=O)cc5)c5ccc2[nH]5)C=C4)C=C3)cc1. The highest BCUT2D eigenvalue weighted by atomic mass is 16.4. The van der Waals surface area contributed by atoms with Crippen molar-refractivity contribution in [3.63, 3.8) is 0 Å². The molecule has 0 atom stereocenters. The van der Waals surface area contributed by atoms with Crippen LogP contribution in [0.3, 0.4) is 0 Å². The minimum Gasteiger partial charge on any atom is -0.508 e. The standard InChI is InChI=1S/C53H38N2O5/c1-30(56)33-4-10-36(11-5-33)49-41-20-21-42(28-41)50(37-12-6-34(7-13-37)31(2)57)47-26-27-48(55-47)52(39-16-18-40(19-17-39)53(59)60)44-23-22-43(29-44)51(46-25-24-45(49)54-46)38-14-8-35(9-15-38)32(3)58/h4-29,54-55,57-58H,2-3H2,1H3,(H,59,60). The molecule has 0 saturated heterocycles. The Morgan fingerprint density at radius 3 is 0.917 bits per heavy atom. The van der Waals surface area contributed by atoms with Gasteiger partial charge >= 0.3 is 5.97 Å². The van der Waals surface area contributed by atoms with Gasteiger partial charge in [-0.15, -0.1) is 0 Å². The zero-order chi connectivity index (χ0) is 41.7. The highest BCUT2D eigenvalue weighted by Gasteiger charge is 2.18. The first-order valence-corrected chi connectivity index (χ1v) is 19.4. The van der Waals surface area contributed by atoms with E-state index in [1.807, 2.05) is 91.0 Å². The first kappa shape index (κ1) is 37.4. The Balaban J connectivity index is 1.43.